The molecule has 0 saturated carbocycles. The Bertz CT molecular complexity index is 725. The summed E-state index contributed by atoms with van der Waals surface area (Å²) in [5.74, 6) is 0.792. The van der Waals surface area contributed by atoms with Gasteiger partial charge < -0.3 is 19.5 Å². The van der Waals surface area contributed by atoms with Crippen molar-refractivity contribution in [1.82, 2.24) is 9.80 Å². The predicted octanol–water partition coefficient (Wildman–Crippen LogP) is 4.76. The molecule has 1 fully saturated rings. The number of aryl methyl sites for hydroxylation is 1. The first kappa shape index (κ1) is 18.8. The number of halogens is 1. The Labute approximate surface area is 159 Å². The summed E-state index contributed by atoms with van der Waals surface area (Å²) >= 11 is 6.19. The number of likely N-dealkylation sites (tertiary alicyclic amines) is 1. The molecule has 0 aliphatic carbocycles. The highest BCUT2D eigenvalue weighted by Crippen LogP contribution is 2.23. The topological polar surface area (TPSA) is 48.7 Å². The fourth-order valence-corrected chi connectivity index (χ4v) is 3.53. The standard InChI is InChI=1S/C20H26ClN3O2/c1-3-23-10-8-17(9-11-23)24(14-18-5-4-12-26-18)20(25)22-16-7-6-15(2)19(21)13-16/h4-7,12-13,17H,3,8-11,14H2,1-2H3,(H,22,25). The van der Waals surface area contributed by atoms with Crippen LogP contribution in [-0.4, -0.2) is 41.5 Å². The fraction of sp³-hybridized carbons (Fsp3) is 0.450. The molecule has 26 heavy (non-hydrogen) atoms. The maximum absolute atomic E-state index is 13.0. The zero-order chi connectivity index (χ0) is 18.5. The van der Waals surface area contributed by atoms with Crippen molar-refractivity contribution in [2.24, 2.45) is 0 Å². The van der Waals surface area contributed by atoms with Gasteiger partial charge in [0.1, 0.15) is 5.76 Å². The van der Waals surface area contributed by atoms with E-state index >= 15 is 0 Å². The van der Waals surface area contributed by atoms with Crippen LogP contribution in [0.3, 0.4) is 0 Å². The van der Waals surface area contributed by atoms with Gasteiger partial charge in [-0.15, -0.1) is 0 Å². The van der Waals surface area contributed by atoms with Gasteiger partial charge in [0.25, 0.3) is 0 Å². The summed E-state index contributed by atoms with van der Waals surface area (Å²) in [5.41, 5.74) is 1.70. The molecule has 5 nitrogen and oxygen atoms in total. The molecule has 0 atom stereocenters. The highest BCUT2D eigenvalue weighted by molar-refractivity contribution is 6.31. The molecule has 1 saturated heterocycles. The maximum Gasteiger partial charge on any atom is 0.322 e. The van der Waals surface area contributed by atoms with Gasteiger partial charge in [0, 0.05) is 29.8 Å². The van der Waals surface area contributed by atoms with Crippen LogP contribution in [0.15, 0.2) is 41.0 Å². The summed E-state index contributed by atoms with van der Waals surface area (Å²) in [5, 5.41) is 3.64. The van der Waals surface area contributed by atoms with Crippen LogP contribution in [-0.2, 0) is 6.54 Å². The van der Waals surface area contributed by atoms with Crippen molar-refractivity contribution in [2.45, 2.75) is 39.3 Å². The van der Waals surface area contributed by atoms with Crippen molar-refractivity contribution in [3.8, 4) is 0 Å². The molecule has 0 spiro atoms. The van der Waals surface area contributed by atoms with Gasteiger partial charge >= 0.3 is 6.03 Å². The number of hydrogen-bond acceptors (Lipinski definition) is 3. The Hall–Kier alpha value is -1.98. The van der Waals surface area contributed by atoms with Crippen LogP contribution in [0, 0.1) is 6.92 Å². The molecule has 1 aromatic carbocycles. The third kappa shape index (κ3) is 4.59. The minimum absolute atomic E-state index is 0.115. The lowest BCUT2D eigenvalue weighted by Crippen LogP contribution is -2.48. The molecule has 6 heteroatoms. The molecule has 2 amide bonds. The number of anilines is 1. The lowest BCUT2D eigenvalue weighted by molar-refractivity contribution is 0.121. The van der Waals surface area contributed by atoms with Gasteiger partial charge in [-0.05, 0) is 56.1 Å². The van der Waals surface area contributed by atoms with Gasteiger partial charge in [0.15, 0.2) is 0 Å². The highest BCUT2D eigenvalue weighted by Gasteiger charge is 2.28. The summed E-state index contributed by atoms with van der Waals surface area (Å²) in [7, 11) is 0. The average molecular weight is 376 g/mol. The molecular formula is C20H26ClN3O2. The number of furan rings is 1. The molecule has 1 aromatic heterocycles. The molecule has 0 radical (unpaired) electrons. The van der Waals surface area contributed by atoms with Crippen LogP contribution in [0.4, 0.5) is 10.5 Å². The van der Waals surface area contributed by atoms with Crippen molar-refractivity contribution in [2.75, 3.05) is 25.0 Å². The number of amides is 2. The number of urea groups is 1. The van der Waals surface area contributed by atoms with Gasteiger partial charge in [-0.25, -0.2) is 4.79 Å². The normalized spacial score (nSPS) is 15.8. The summed E-state index contributed by atoms with van der Waals surface area (Å²) in [6, 6.07) is 9.42. The van der Waals surface area contributed by atoms with Crippen molar-refractivity contribution in [3.05, 3.63) is 52.9 Å². The molecule has 1 aliphatic heterocycles. The Kier molecular flexibility index (Phi) is 6.22. The van der Waals surface area contributed by atoms with Gasteiger partial charge in [0.2, 0.25) is 0 Å². The van der Waals surface area contributed by atoms with Crippen LogP contribution in [0.25, 0.3) is 0 Å². The van der Waals surface area contributed by atoms with Gasteiger partial charge in [-0.1, -0.05) is 24.6 Å². The van der Waals surface area contributed by atoms with E-state index in [1.807, 2.05) is 36.1 Å². The summed E-state index contributed by atoms with van der Waals surface area (Å²) in [6.45, 7) is 7.67. The second-order valence-corrected chi connectivity index (χ2v) is 7.17. The SMILES string of the molecule is CCN1CCC(N(Cc2ccco2)C(=O)Nc2ccc(C)c(Cl)c2)CC1. The number of piperidine rings is 1. The summed E-state index contributed by atoms with van der Waals surface area (Å²) in [6.07, 6.45) is 3.58. The number of benzene rings is 1. The van der Waals surface area contributed by atoms with E-state index in [2.05, 4.69) is 17.1 Å². The third-order valence-corrected chi connectivity index (χ3v) is 5.44. The zero-order valence-electron chi connectivity index (χ0n) is 15.4. The van der Waals surface area contributed by atoms with Gasteiger partial charge in [-0.3, -0.25) is 0 Å². The van der Waals surface area contributed by atoms with E-state index in [1.165, 1.54) is 0 Å². The lowest BCUT2D eigenvalue weighted by Gasteiger charge is -2.37. The first-order valence-corrected chi connectivity index (χ1v) is 9.53. The van der Waals surface area contributed by atoms with E-state index in [-0.39, 0.29) is 12.1 Å². The Morgan fingerprint density at radius 2 is 2.12 bits per heavy atom. The van der Waals surface area contributed by atoms with Crippen molar-refractivity contribution < 1.29 is 9.21 Å². The smallest absolute Gasteiger partial charge is 0.322 e. The van der Waals surface area contributed by atoms with Crippen molar-refractivity contribution >= 4 is 23.3 Å². The first-order valence-electron chi connectivity index (χ1n) is 9.15. The van der Waals surface area contributed by atoms with Crippen molar-refractivity contribution in [1.29, 1.82) is 0 Å². The molecule has 2 aromatic rings. The van der Waals surface area contributed by atoms with Gasteiger partial charge in [0.05, 0.1) is 12.8 Å². The largest absolute Gasteiger partial charge is 0.467 e. The monoisotopic (exact) mass is 375 g/mol. The fourth-order valence-electron chi connectivity index (χ4n) is 3.35. The minimum Gasteiger partial charge on any atom is -0.467 e. The van der Waals surface area contributed by atoms with E-state index < -0.39 is 0 Å². The maximum atomic E-state index is 13.0. The van der Waals surface area contributed by atoms with E-state index in [4.69, 9.17) is 16.0 Å². The van der Waals surface area contributed by atoms with Crippen LogP contribution >= 0.6 is 11.6 Å². The van der Waals surface area contributed by atoms with Crippen LogP contribution < -0.4 is 5.32 Å². The molecule has 3 rings (SSSR count). The van der Waals surface area contributed by atoms with E-state index in [1.54, 1.807) is 12.3 Å². The van der Waals surface area contributed by atoms with E-state index in [0.29, 0.717) is 17.3 Å². The number of rotatable bonds is 5. The second kappa shape index (κ2) is 8.60. The number of carbonyl (C=O) groups is 1. The van der Waals surface area contributed by atoms with Crippen LogP contribution in [0.1, 0.15) is 31.1 Å². The quantitative estimate of drug-likeness (QED) is 0.819. The third-order valence-electron chi connectivity index (χ3n) is 5.04. The molecule has 0 unspecified atom stereocenters. The molecule has 1 aliphatic rings. The Morgan fingerprint density at radius 1 is 1.35 bits per heavy atom. The summed E-state index contributed by atoms with van der Waals surface area (Å²) in [4.78, 5) is 17.3. The number of carbonyl (C=O) groups excluding carboxylic acids is 1. The van der Waals surface area contributed by atoms with Crippen molar-refractivity contribution in [3.63, 3.8) is 0 Å². The number of nitrogens with zero attached hydrogens (tertiary/aromatic N) is 2. The minimum atomic E-state index is -0.115. The molecule has 1 N–H and O–H groups in total. The molecule has 0 bridgehead atoms. The molecule has 140 valence electrons. The van der Waals surface area contributed by atoms with E-state index in [0.717, 1.165) is 43.8 Å². The van der Waals surface area contributed by atoms with Gasteiger partial charge in [-0.2, -0.15) is 0 Å². The lowest BCUT2D eigenvalue weighted by atomic mass is 10.0. The molecule has 2 heterocycles. The Balaban J connectivity index is 1.73. The summed E-state index contributed by atoms with van der Waals surface area (Å²) < 4.78 is 5.48. The second-order valence-electron chi connectivity index (χ2n) is 6.77. The van der Waals surface area contributed by atoms with Crippen LogP contribution in [0.2, 0.25) is 5.02 Å². The number of nitrogens with one attached hydrogen (secondary N) is 1. The van der Waals surface area contributed by atoms with Crippen LogP contribution in [0.5, 0.6) is 0 Å². The highest BCUT2D eigenvalue weighted by atomic mass is 35.5. The average Bonchev–Trinajstić information content (AvgIpc) is 3.16. The zero-order valence-corrected chi connectivity index (χ0v) is 16.1. The Morgan fingerprint density at radius 3 is 2.73 bits per heavy atom. The predicted molar refractivity (Wildman–Crippen MR) is 105 cm³/mol. The first-order chi connectivity index (χ1) is 12.6. The molecular weight excluding hydrogens is 350 g/mol. The number of hydrogen-bond donors (Lipinski definition) is 1. The van der Waals surface area contributed by atoms with E-state index in [9.17, 15) is 4.79 Å².